The van der Waals surface area contributed by atoms with Gasteiger partial charge in [-0.15, -0.1) is 0 Å². The quantitative estimate of drug-likeness (QED) is 0.435. The zero-order valence-corrected chi connectivity index (χ0v) is 11.6. The van der Waals surface area contributed by atoms with Crippen LogP contribution < -0.4 is 5.73 Å². The van der Waals surface area contributed by atoms with Crippen LogP contribution in [0, 0.1) is 17.0 Å². The Hall–Kier alpha value is -1.65. The monoisotopic (exact) mass is 304 g/mol. The summed E-state index contributed by atoms with van der Waals surface area (Å²) in [7, 11) is 0. The Labute approximate surface area is 118 Å². The van der Waals surface area contributed by atoms with Gasteiger partial charge in [-0.05, 0) is 4.92 Å². The van der Waals surface area contributed by atoms with Crippen molar-refractivity contribution in [3.8, 4) is 0 Å². The third-order valence-corrected chi connectivity index (χ3v) is 3.75. The molecule has 4 N–H and O–H groups in total. The van der Waals surface area contributed by atoms with Gasteiger partial charge in [-0.2, -0.15) is 11.8 Å². The number of rotatable bonds is 8. The number of aliphatic hydroxyl groups excluding tert-OH is 1. The third kappa shape index (κ3) is 4.47. The average Bonchev–Trinajstić information content (AvgIpc) is 2.70. The van der Waals surface area contributed by atoms with Crippen molar-refractivity contribution in [1.29, 1.82) is 0 Å². The maximum absolute atomic E-state index is 10.8. The van der Waals surface area contributed by atoms with Crippen LogP contribution in [0.5, 0.6) is 0 Å². The fraction of sp³-hybridized carbons (Fsp3) is 0.600. The Morgan fingerprint density at radius 2 is 2.30 bits per heavy atom. The standard InChI is InChI=1S/C10H16N4O5S/c1-6-12-2-9(14(18)19)13(6)3-7(15)4-20-5-8(11)10(16)17/h2,7-8,15H,3-5,11H2,1H3,(H,16,17). The summed E-state index contributed by atoms with van der Waals surface area (Å²) in [5.74, 6) is -0.461. The number of nitrogens with zero attached hydrogens (tertiary/aromatic N) is 3. The number of aliphatic hydroxyl groups is 1. The van der Waals surface area contributed by atoms with Crippen LogP contribution in [0.15, 0.2) is 6.20 Å². The van der Waals surface area contributed by atoms with Crippen molar-refractivity contribution in [2.45, 2.75) is 25.6 Å². The van der Waals surface area contributed by atoms with Crippen molar-refractivity contribution < 1.29 is 19.9 Å². The van der Waals surface area contributed by atoms with Gasteiger partial charge in [-0.25, -0.2) is 9.55 Å². The molecule has 1 aromatic heterocycles. The molecule has 1 heterocycles. The van der Waals surface area contributed by atoms with E-state index in [1.54, 1.807) is 6.92 Å². The molecule has 0 fully saturated rings. The van der Waals surface area contributed by atoms with Gasteiger partial charge in [-0.1, -0.05) is 0 Å². The van der Waals surface area contributed by atoms with E-state index in [0.29, 0.717) is 5.82 Å². The number of hydrogen-bond donors (Lipinski definition) is 3. The number of aromatic nitrogens is 2. The second-order valence-electron chi connectivity index (χ2n) is 4.17. The zero-order valence-electron chi connectivity index (χ0n) is 10.8. The maximum Gasteiger partial charge on any atom is 0.342 e. The Bertz CT molecular complexity index is 492. The van der Waals surface area contributed by atoms with Gasteiger partial charge in [0.25, 0.3) is 0 Å². The highest BCUT2D eigenvalue weighted by Gasteiger charge is 2.21. The van der Waals surface area contributed by atoms with Crippen molar-refractivity contribution in [2.75, 3.05) is 11.5 Å². The van der Waals surface area contributed by atoms with Gasteiger partial charge < -0.3 is 26.1 Å². The van der Waals surface area contributed by atoms with Crippen LogP contribution in [-0.4, -0.2) is 54.3 Å². The molecule has 0 saturated carbocycles. The van der Waals surface area contributed by atoms with Crippen molar-refractivity contribution in [3.05, 3.63) is 22.1 Å². The number of aryl methyl sites for hydroxylation is 1. The minimum atomic E-state index is -1.10. The third-order valence-electron chi connectivity index (χ3n) is 2.54. The summed E-state index contributed by atoms with van der Waals surface area (Å²) in [6.07, 6.45) is 0.280. The number of hydrogen-bond acceptors (Lipinski definition) is 7. The number of carboxylic acids is 1. The van der Waals surface area contributed by atoms with E-state index in [4.69, 9.17) is 10.8 Å². The first-order valence-electron chi connectivity index (χ1n) is 5.73. The van der Waals surface area contributed by atoms with Gasteiger partial charge in [0.2, 0.25) is 0 Å². The van der Waals surface area contributed by atoms with Crippen molar-refractivity contribution in [1.82, 2.24) is 9.55 Å². The zero-order chi connectivity index (χ0) is 15.3. The molecule has 20 heavy (non-hydrogen) atoms. The van der Waals surface area contributed by atoms with E-state index in [2.05, 4.69) is 4.98 Å². The largest absolute Gasteiger partial charge is 0.480 e. The second-order valence-corrected chi connectivity index (χ2v) is 5.24. The summed E-state index contributed by atoms with van der Waals surface area (Å²) in [6.45, 7) is 1.63. The van der Waals surface area contributed by atoms with Gasteiger partial charge in [0.1, 0.15) is 24.9 Å². The topological polar surface area (TPSA) is 145 Å². The van der Waals surface area contributed by atoms with Crippen LogP contribution in [-0.2, 0) is 11.3 Å². The van der Waals surface area contributed by atoms with Gasteiger partial charge in [0.05, 0.1) is 0 Å². The molecule has 112 valence electrons. The smallest absolute Gasteiger partial charge is 0.342 e. The molecule has 0 aliphatic carbocycles. The van der Waals surface area contributed by atoms with E-state index in [9.17, 15) is 20.0 Å². The van der Waals surface area contributed by atoms with E-state index < -0.39 is 23.0 Å². The predicted molar refractivity (Wildman–Crippen MR) is 72.6 cm³/mol. The summed E-state index contributed by atoms with van der Waals surface area (Å²) in [5, 5.41) is 29.2. The van der Waals surface area contributed by atoms with Crippen molar-refractivity contribution in [3.63, 3.8) is 0 Å². The number of nitrogens with two attached hydrogens (primary N) is 1. The maximum atomic E-state index is 10.8. The number of thioether (sulfide) groups is 1. The Morgan fingerprint density at radius 3 is 2.85 bits per heavy atom. The lowest BCUT2D eigenvalue weighted by atomic mass is 10.4. The van der Waals surface area contributed by atoms with Crippen molar-refractivity contribution in [2.24, 2.45) is 5.73 Å². The van der Waals surface area contributed by atoms with E-state index in [-0.39, 0.29) is 23.9 Å². The SMILES string of the molecule is Cc1ncc([N+](=O)[O-])n1CC(O)CSCC(N)C(=O)O. The Balaban J connectivity index is 2.50. The summed E-state index contributed by atoms with van der Waals surface area (Å²) < 4.78 is 1.31. The molecule has 0 radical (unpaired) electrons. The lowest BCUT2D eigenvalue weighted by Gasteiger charge is -2.11. The van der Waals surface area contributed by atoms with E-state index in [0.717, 1.165) is 6.20 Å². The molecule has 1 rings (SSSR count). The molecule has 10 heteroatoms. The molecule has 0 saturated heterocycles. The molecule has 0 aliphatic heterocycles. The fourth-order valence-corrected chi connectivity index (χ4v) is 2.40. The van der Waals surface area contributed by atoms with Gasteiger partial charge in [0, 0.05) is 18.4 Å². The normalized spacial score (nSPS) is 13.9. The highest BCUT2D eigenvalue weighted by Crippen LogP contribution is 2.15. The highest BCUT2D eigenvalue weighted by molar-refractivity contribution is 7.99. The van der Waals surface area contributed by atoms with E-state index >= 15 is 0 Å². The lowest BCUT2D eigenvalue weighted by molar-refractivity contribution is -0.392. The van der Waals surface area contributed by atoms with Crippen LogP contribution in [0.2, 0.25) is 0 Å². The fourth-order valence-electron chi connectivity index (χ4n) is 1.49. The molecule has 0 amide bonds. The van der Waals surface area contributed by atoms with E-state index in [1.165, 1.54) is 16.3 Å². The van der Waals surface area contributed by atoms with Crippen LogP contribution in [0.1, 0.15) is 5.82 Å². The second kappa shape index (κ2) is 7.22. The molecular weight excluding hydrogens is 288 g/mol. The van der Waals surface area contributed by atoms with Crippen LogP contribution >= 0.6 is 11.8 Å². The van der Waals surface area contributed by atoms with Gasteiger partial charge in [-0.3, -0.25) is 4.79 Å². The lowest BCUT2D eigenvalue weighted by Crippen LogP contribution is -2.33. The highest BCUT2D eigenvalue weighted by atomic mass is 32.2. The molecule has 0 aliphatic rings. The number of carbonyl (C=O) groups is 1. The predicted octanol–water partition coefficient (Wildman–Crippen LogP) is -0.394. The number of imidazole rings is 1. The minimum absolute atomic E-state index is 0.0253. The van der Waals surface area contributed by atoms with E-state index in [1.807, 2.05) is 0 Å². The average molecular weight is 304 g/mol. The Kier molecular flexibility index (Phi) is 5.92. The van der Waals surface area contributed by atoms with Gasteiger partial charge >= 0.3 is 11.8 Å². The number of carboxylic acid groups (broad SMARTS) is 1. The first-order chi connectivity index (χ1) is 9.32. The minimum Gasteiger partial charge on any atom is -0.480 e. The number of nitro groups is 1. The number of aliphatic carboxylic acids is 1. The summed E-state index contributed by atoms with van der Waals surface area (Å²) in [5.41, 5.74) is 5.32. The first kappa shape index (κ1) is 16.4. The summed E-state index contributed by atoms with van der Waals surface area (Å²) in [6, 6.07) is -0.989. The van der Waals surface area contributed by atoms with Gasteiger partial charge in [0.15, 0.2) is 5.82 Å². The Morgan fingerprint density at radius 1 is 1.65 bits per heavy atom. The van der Waals surface area contributed by atoms with Crippen molar-refractivity contribution >= 4 is 23.5 Å². The molecule has 9 nitrogen and oxygen atoms in total. The first-order valence-corrected chi connectivity index (χ1v) is 6.89. The molecule has 1 aromatic rings. The molecule has 0 aromatic carbocycles. The molecule has 0 spiro atoms. The molecule has 2 atom stereocenters. The summed E-state index contributed by atoms with van der Waals surface area (Å²) in [4.78, 5) is 24.5. The molecular formula is C10H16N4O5S. The summed E-state index contributed by atoms with van der Waals surface area (Å²) >= 11 is 1.18. The molecule has 2 unspecified atom stereocenters. The van der Waals surface area contributed by atoms with Crippen LogP contribution in [0.4, 0.5) is 5.82 Å². The molecule has 0 bridgehead atoms. The van der Waals surface area contributed by atoms with Crippen LogP contribution in [0.25, 0.3) is 0 Å². The van der Waals surface area contributed by atoms with Crippen LogP contribution in [0.3, 0.4) is 0 Å².